The number of esters is 1. The van der Waals surface area contributed by atoms with Crippen molar-refractivity contribution in [2.45, 2.75) is 103 Å². The molecule has 2 aromatic rings. The zero-order valence-corrected chi connectivity index (χ0v) is 28.9. The first-order chi connectivity index (χ1) is 18.2. The van der Waals surface area contributed by atoms with E-state index in [0.29, 0.717) is 11.2 Å². The lowest BCUT2D eigenvalue weighted by Gasteiger charge is -2.39. The second-order valence-electron chi connectivity index (χ2n) is 13.8. The highest BCUT2D eigenvalue weighted by atomic mass is 28.4. The zero-order chi connectivity index (χ0) is 30.7. The van der Waals surface area contributed by atoms with Gasteiger partial charge in [-0.1, -0.05) is 41.5 Å². The molecule has 0 aliphatic rings. The van der Waals surface area contributed by atoms with E-state index in [4.69, 9.17) is 24.1 Å². The van der Waals surface area contributed by atoms with E-state index >= 15 is 0 Å². The topological polar surface area (TPSA) is 127 Å². The van der Waals surface area contributed by atoms with E-state index in [1.165, 1.54) is 6.33 Å². The summed E-state index contributed by atoms with van der Waals surface area (Å²) in [7, 11) is -0.620. The Morgan fingerprint density at radius 3 is 2.05 bits per heavy atom. The average Bonchev–Trinajstić information content (AvgIpc) is 3.21. The van der Waals surface area contributed by atoms with Crippen LogP contribution in [0.4, 0.5) is 5.82 Å². The number of nitrogens with zero attached hydrogens (tertiary/aromatic N) is 5. The van der Waals surface area contributed by atoms with E-state index in [1.807, 2.05) is 25.6 Å². The fourth-order valence-electron chi connectivity index (χ4n) is 3.33. The fraction of sp³-hybridized carbons (Fsp3) is 0.778. The molecular formula is C27H52N6O5Si2. The van der Waals surface area contributed by atoms with Gasteiger partial charge in [-0.2, -0.15) is 0 Å². The molecule has 0 fully saturated rings. The molecule has 228 valence electrons. The maximum absolute atomic E-state index is 12.6. The minimum Gasteiger partial charge on any atom is -0.459 e. The molecule has 0 unspecified atom stereocenters. The molecule has 0 aromatic carbocycles. The summed E-state index contributed by atoms with van der Waals surface area (Å²) >= 11 is 0. The second-order valence-corrected chi connectivity index (χ2v) is 23.4. The van der Waals surface area contributed by atoms with Gasteiger partial charge in [0.2, 0.25) is 0 Å². The highest BCUT2D eigenvalue weighted by Crippen LogP contribution is 2.38. The summed E-state index contributed by atoms with van der Waals surface area (Å²) in [4.78, 5) is 27.3. The van der Waals surface area contributed by atoms with Crippen LogP contribution in [0.1, 0.15) is 54.7 Å². The Hall–Kier alpha value is -1.91. The van der Waals surface area contributed by atoms with Gasteiger partial charge in [0.25, 0.3) is 0 Å². The minimum absolute atomic E-state index is 0.000992. The number of ether oxygens (including phenoxy) is 2. The van der Waals surface area contributed by atoms with Gasteiger partial charge in [0.05, 0.1) is 26.1 Å². The molecule has 0 bridgehead atoms. The average molecular weight is 597 g/mol. The van der Waals surface area contributed by atoms with Gasteiger partial charge in [-0.05, 0) is 57.3 Å². The Kier molecular flexibility index (Phi) is 11.1. The van der Waals surface area contributed by atoms with E-state index in [9.17, 15) is 4.79 Å². The first-order valence-corrected chi connectivity index (χ1v) is 19.7. The summed E-state index contributed by atoms with van der Waals surface area (Å²) < 4.78 is 27.6. The lowest BCUT2D eigenvalue weighted by molar-refractivity contribution is -0.169. The van der Waals surface area contributed by atoms with Crippen molar-refractivity contribution < 1.29 is 23.1 Å². The van der Waals surface area contributed by atoms with Crippen LogP contribution in [0.3, 0.4) is 0 Å². The molecular weight excluding hydrogens is 545 g/mol. The molecule has 11 nitrogen and oxygen atoms in total. The number of hydrogen-bond donors (Lipinski definition) is 1. The summed E-state index contributed by atoms with van der Waals surface area (Å²) in [6.07, 6.45) is 1.26. The van der Waals surface area contributed by atoms with Crippen molar-refractivity contribution >= 4 is 39.6 Å². The Bertz CT molecular complexity index is 1130. The Morgan fingerprint density at radius 1 is 0.975 bits per heavy atom. The number of anilines is 1. The van der Waals surface area contributed by atoms with E-state index in [2.05, 4.69) is 82.7 Å². The molecule has 13 heteroatoms. The third-order valence-corrected chi connectivity index (χ3v) is 17.1. The number of hydrogen-bond acceptors (Lipinski definition) is 10. The fourth-order valence-corrected chi connectivity index (χ4v) is 5.34. The second kappa shape index (κ2) is 12.9. The molecule has 0 amide bonds. The number of rotatable bonds is 13. The van der Waals surface area contributed by atoms with Gasteiger partial charge in [-0.15, -0.1) is 0 Å². The number of carbonyl (C=O) groups excluding carboxylic acids is 1. The number of likely N-dealkylation sites (N-methyl/N-ethyl adjacent to an activating group) is 1. The van der Waals surface area contributed by atoms with E-state index in [0.717, 1.165) is 0 Å². The van der Waals surface area contributed by atoms with Crippen LogP contribution in [-0.2, 0) is 23.1 Å². The van der Waals surface area contributed by atoms with Crippen molar-refractivity contribution in [1.82, 2.24) is 24.4 Å². The van der Waals surface area contributed by atoms with Crippen molar-refractivity contribution in [3.63, 3.8) is 0 Å². The van der Waals surface area contributed by atoms with Crippen LogP contribution in [0, 0.1) is 0 Å². The summed E-state index contributed by atoms with van der Waals surface area (Å²) in [5.41, 5.74) is 7.11. The maximum atomic E-state index is 12.6. The number of nitrogens with two attached hydrogens (primary N) is 1. The van der Waals surface area contributed by atoms with Crippen molar-refractivity contribution in [1.29, 1.82) is 0 Å². The predicted octanol–water partition coefficient (Wildman–Crippen LogP) is 4.83. The summed E-state index contributed by atoms with van der Waals surface area (Å²) in [5.74, 6) is -0.0438. The van der Waals surface area contributed by atoms with Crippen LogP contribution >= 0.6 is 0 Å². The number of imidazole rings is 1. The Labute approximate surface area is 242 Å². The molecule has 40 heavy (non-hydrogen) atoms. The molecule has 0 radical (unpaired) electrons. The van der Waals surface area contributed by atoms with E-state index < -0.39 is 35.1 Å². The highest BCUT2D eigenvalue weighted by molar-refractivity contribution is 6.74. The van der Waals surface area contributed by atoms with Gasteiger partial charge in [-0.25, -0.2) is 15.0 Å². The summed E-state index contributed by atoms with van der Waals surface area (Å²) in [6, 6.07) is 0. The molecule has 2 heterocycles. The third kappa shape index (κ3) is 8.79. The van der Waals surface area contributed by atoms with Crippen LogP contribution in [-0.4, -0.2) is 93.1 Å². The summed E-state index contributed by atoms with van der Waals surface area (Å²) in [5, 5.41) is 0.00320. The maximum Gasteiger partial charge on any atom is 0.320 e. The smallest absolute Gasteiger partial charge is 0.320 e. The van der Waals surface area contributed by atoms with Gasteiger partial charge in [0.1, 0.15) is 24.1 Å². The molecule has 2 rings (SSSR count). The first kappa shape index (κ1) is 34.3. The van der Waals surface area contributed by atoms with E-state index in [1.54, 1.807) is 11.2 Å². The van der Waals surface area contributed by atoms with Crippen LogP contribution < -0.4 is 5.73 Å². The summed E-state index contributed by atoms with van der Waals surface area (Å²) in [6.45, 7) is 24.4. The van der Waals surface area contributed by atoms with Crippen LogP contribution in [0.2, 0.25) is 36.3 Å². The lowest BCUT2D eigenvalue weighted by atomic mass is 10.2. The number of fused-ring (bicyclic) bond motifs is 1. The van der Waals surface area contributed by atoms with Gasteiger partial charge in [-0.3, -0.25) is 14.3 Å². The third-order valence-electron chi connectivity index (χ3n) is 8.12. The SMILES string of the molecule is C[C@@H](OC(=O)CN(C)C)[C@@H](CO[Si](C)(C)C(C)(C)C)O[C@H](CO[Si](C)(C)C(C)(C)C)n1cnc2c(N)ncnc21. The van der Waals surface area contributed by atoms with Gasteiger partial charge < -0.3 is 24.1 Å². The van der Waals surface area contributed by atoms with Crippen molar-refractivity contribution in [2.24, 2.45) is 0 Å². The van der Waals surface area contributed by atoms with Crippen LogP contribution in [0.15, 0.2) is 12.7 Å². The number of carbonyl (C=O) groups is 1. The van der Waals surface area contributed by atoms with Crippen molar-refractivity contribution in [2.75, 3.05) is 39.6 Å². The molecule has 0 saturated carbocycles. The molecule has 0 aliphatic carbocycles. The molecule has 2 aromatic heterocycles. The van der Waals surface area contributed by atoms with Crippen LogP contribution in [0.5, 0.6) is 0 Å². The van der Waals surface area contributed by atoms with Crippen molar-refractivity contribution in [3.05, 3.63) is 12.7 Å². The molecule has 0 spiro atoms. The van der Waals surface area contributed by atoms with Crippen molar-refractivity contribution in [3.8, 4) is 0 Å². The molecule has 3 atom stereocenters. The Morgan fingerprint density at radius 2 is 1.52 bits per heavy atom. The monoisotopic (exact) mass is 596 g/mol. The largest absolute Gasteiger partial charge is 0.459 e. The minimum atomic E-state index is -2.14. The zero-order valence-electron chi connectivity index (χ0n) is 26.9. The van der Waals surface area contributed by atoms with Gasteiger partial charge in [0.15, 0.2) is 34.3 Å². The standard InChI is InChI=1S/C27H52N6O5Si2/c1-19(37-22(34)14-32(8)9)20(15-35-39(10,11)26(2,3)4)38-21(16-36-40(12,13)27(5,6)7)33-18-31-23-24(28)29-17-30-25(23)33/h17-21H,14-16H2,1-13H3,(H2,28,29,30)/t19-,20-,21-/m1/s1. The van der Waals surface area contributed by atoms with Gasteiger partial charge in [0, 0.05) is 0 Å². The Balaban J connectivity index is 2.47. The van der Waals surface area contributed by atoms with Crippen LogP contribution in [0.25, 0.3) is 11.2 Å². The quantitative estimate of drug-likeness (QED) is 0.254. The van der Waals surface area contributed by atoms with Gasteiger partial charge >= 0.3 is 5.97 Å². The molecule has 0 aliphatic heterocycles. The number of aromatic nitrogens is 4. The first-order valence-electron chi connectivity index (χ1n) is 13.9. The van der Waals surface area contributed by atoms with E-state index in [-0.39, 0.29) is 41.6 Å². The predicted molar refractivity (Wildman–Crippen MR) is 164 cm³/mol. The normalized spacial score (nSPS) is 15.8. The molecule has 0 saturated heterocycles. The highest BCUT2D eigenvalue weighted by Gasteiger charge is 2.41. The molecule has 2 N–H and O–H groups in total. The number of nitrogen functional groups attached to an aromatic ring is 1. The lowest BCUT2D eigenvalue weighted by Crippen LogP contribution is -2.47.